The Bertz CT molecular complexity index is 160. The molecule has 0 aromatic carbocycles. The summed E-state index contributed by atoms with van der Waals surface area (Å²) < 4.78 is 47.4. The molecule has 12 heavy (non-hydrogen) atoms. The molecule has 0 amide bonds. The summed E-state index contributed by atoms with van der Waals surface area (Å²) in [4.78, 5) is 0. The Kier molecular flexibility index (Phi) is 4.62. The molecule has 0 rings (SSSR count). The van der Waals surface area contributed by atoms with Crippen LogP contribution in [0.5, 0.6) is 0 Å². The van der Waals surface area contributed by atoms with Gasteiger partial charge in [-0.25, -0.2) is 17.6 Å². The van der Waals surface area contributed by atoms with Gasteiger partial charge in [0.2, 0.25) is 0 Å². The molecule has 0 fully saturated rings. The molecule has 0 bridgehead atoms. The smallest absolute Gasteiger partial charge is 0.204 e. The Morgan fingerprint density at radius 1 is 1.33 bits per heavy atom. The standard InChI is InChI=1S/C8H10F4/c1-2-3-4-5-6-8(11,12)7(9)10/h2-4,7H,1,5-6H2/b4-3-. The molecule has 0 unspecified atom stereocenters. The summed E-state index contributed by atoms with van der Waals surface area (Å²) in [6.07, 6.45) is -0.237. The highest BCUT2D eigenvalue weighted by molar-refractivity contribution is 4.97. The van der Waals surface area contributed by atoms with Crippen molar-refractivity contribution in [3.05, 3.63) is 24.8 Å². The Hall–Kier alpha value is -0.800. The Balaban J connectivity index is 3.75. The van der Waals surface area contributed by atoms with E-state index in [1.165, 1.54) is 18.2 Å². The van der Waals surface area contributed by atoms with Crippen LogP contribution in [0.3, 0.4) is 0 Å². The Labute approximate surface area is 68.6 Å². The maximum atomic E-state index is 12.2. The second-order valence-corrected chi connectivity index (χ2v) is 2.26. The van der Waals surface area contributed by atoms with Gasteiger partial charge in [0.15, 0.2) is 0 Å². The van der Waals surface area contributed by atoms with Gasteiger partial charge >= 0.3 is 12.3 Å². The van der Waals surface area contributed by atoms with Gasteiger partial charge in [-0.3, -0.25) is 0 Å². The van der Waals surface area contributed by atoms with Gasteiger partial charge in [-0.15, -0.1) is 0 Å². The molecule has 0 aromatic heterocycles. The van der Waals surface area contributed by atoms with Gasteiger partial charge in [-0.05, 0) is 6.42 Å². The van der Waals surface area contributed by atoms with Crippen molar-refractivity contribution in [2.45, 2.75) is 25.2 Å². The monoisotopic (exact) mass is 182 g/mol. The maximum Gasteiger partial charge on any atom is 0.307 e. The Morgan fingerprint density at radius 3 is 2.33 bits per heavy atom. The normalized spacial score (nSPS) is 12.8. The van der Waals surface area contributed by atoms with Crippen molar-refractivity contribution in [3.63, 3.8) is 0 Å². The molecule has 0 N–H and O–H groups in total. The van der Waals surface area contributed by atoms with Gasteiger partial charge in [-0.1, -0.05) is 24.8 Å². The predicted molar refractivity (Wildman–Crippen MR) is 39.5 cm³/mol. The highest BCUT2D eigenvalue weighted by atomic mass is 19.3. The third-order valence-electron chi connectivity index (χ3n) is 1.24. The van der Waals surface area contributed by atoms with Gasteiger partial charge in [-0.2, -0.15) is 0 Å². The second-order valence-electron chi connectivity index (χ2n) is 2.26. The number of allylic oxidation sites excluding steroid dienone is 3. The highest BCUT2D eigenvalue weighted by Crippen LogP contribution is 2.27. The van der Waals surface area contributed by atoms with Gasteiger partial charge in [0.25, 0.3) is 0 Å². The van der Waals surface area contributed by atoms with Crippen molar-refractivity contribution in [1.29, 1.82) is 0 Å². The molecule has 0 aromatic rings. The minimum atomic E-state index is -3.87. The average molecular weight is 182 g/mol. The summed E-state index contributed by atoms with van der Waals surface area (Å²) in [5.74, 6) is -3.87. The summed E-state index contributed by atoms with van der Waals surface area (Å²) in [6.45, 7) is 3.31. The van der Waals surface area contributed by atoms with E-state index in [-0.39, 0.29) is 6.42 Å². The largest absolute Gasteiger partial charge is 0.307 e. The molecule has 0 aliphatic carbocycles. The lowest BCUT2D eigenvalue weighted by Gasteiger charge is -2.12. The third kappa shape index (κ3) is 4.16. The molecular formula is C8H10F4. The summed E-state index contributed by atoms with van der Waals surface area (Å²) in [7, 11) is 0. The first-order chi connectivity index (χ1) is 5.50. The molecule has 0 saturated carbocycles. The summed E-state index contributed by atoms with van der Waals surface area (Å²) in [5.41, 5.74) is 0. The van der Waals surface area contributed by atoms with Crippen LogP contribution in [0.1, 0.15) is 12.8 Å². The van der Waals surface area contributed by atoms with E-state index >= 15 is 0 Å². The molecule has 0 spiro atoms. The fourth-order valence-electron chi connectivity index (χ4n) is 0.577. The van der Waals surface area contributed by atoms with Gasteiger partial charge in [0.1, 0.15) is 0 Å². The summed E-state index contributed by atoms with van der Waals surface area (Å²) >= 11 is 0. The first kappa shape index (κ1) is 11.2. The maximum absolute atomic E-state index is 12.2. The minimum Gasteiger partial charge on any atom is -0.204 e. The van der Waals surface area contributed by atoms with E-state index in [9.17, 15) is 17.6 Å². The lowest BCUT2D eigenvalue weighted by Crippen LogP contribution is -2.25. The molecule has 0 heterocycles. The number of halogens is 4. The molecule has 70 valence electrons. The first-order valence-corrected chi connectivity index (χ1v) is 3.44. The number of hydrogen-bond donors (Lipinski definition) is 0. The topological polar surface area (TPSA) is 0 Å². The van der Waals surface area contributed by atoms with E-state index < -0.39 is 18.8 Å². The molecule has 0 radical (unpaired) electrons. The molecule has 0 aliphatic heterocycles. The van der Waals surface area contributed by atoms with Crippen molar-refractivity contribution < 1.29 is 17.6 Å². The van der Waals surface area contributed by atoms with Crippen molar-refractivity contribution in [2.75, 3.05) is 0 Å². The Morgan fingerprint density at radius 2 is 1.92 bits per heavy atom. The zero-order valence-corrected chi connectivity index (χ0v) is 6.44. The number of alkyl halides is 4. The van der Waals surface area contributed by atoms with Crippen LogP contribution in [0.25, 0.3) is 0 Å². The van der Waals surface area contributed by atoms with Gasteiger partial charge < -0.3 is 0 Å². The van der Waals surface area contributed by atoms with Crippen molar-refractivity contribution in [1.82, 2.24) is 0 Å². The molecule has 0 atom stereocenters. The fourth-order valence-corrected chi connectivity index (χ4v) is 0.577. The second kappa shape index (κ2) is 4.95. The van der Waals surface area contributed by atoms with E-state index in [0.717, 1.165) is 0 Å². The molecule has 0 nitrogen and oxygen atoms in total. The lowest BCUT2D eigenvalue weighted by molar-refractivity contribution is -0.132. The van der Waals surface area contributed by atoms with E-state index in [1.54, 1.807) is 0 Å². The third-order valence-corrected chi connectivity index (χ3v) is 1.24. The van der Waals surface area contributed by atoms with Crippen molar-refractivity contribution in [3.8, 4) is 0 Å². The van der Waals surface area contributed by atoms with Crippen LogP contribution in [0.4, 0.5) is 17.6 Å². The van der Waals surface area contributed by atoms with E-state index in [2.05, 4.69) is 6.58 Å². The predicted octanol–water partition coefficient (Wildman–Crippen LogP) is 3.41. The first-order valence-electron chi connectivity index (χ1n) is 3.44. The van der Waals surface area contributed by atoms with Gasteiger partial charge in [0.05, 0.1) is 0 Å². The van der Waals surface area contributed by atoms with Crippen LogP contribution >= 0.6 is 0 Å². The van der Waals surface area contributed by atoms with Gasteiger partial charge in [0, 0.05) is 6.42 Å². The van der Waals surface area contributed by atoms with E-state index in [0.29, 0.717) is 0 Å². The van der Waals surface area contributed by atoms with Crippen LogP contribution in [-0.4, -0.2) is 12.3 Å². The molecule has 0 saturated heterocycles. The highest BCUT2D eigenvalue weighted by Gasteiger charge is 2.39. The summed E-state index contributed by atoms with van der Waals surface area (Å²) in [6, 6.07) is 0. The molecule has 0 aliphatic rings. The molecular weight excluding hydrogens is 172 g/mol. The van der Waals surface area contributed by atoms with E-state index in [1.807, 2.05) is 0 Å². The SMILES string of the molecule is C=C/C=C\CCC(F)(F)C(F)F. The zero-order chi connectivity index (χ0) is 9.61. The zero-order valence-electron chi connectivity index (χ0n) is 6.44. The van der Waals surface area contributed by atoms with Crippen LogP contribution in [0, 0.1) is 0 Å². The van der Waals surface area contributed by atoms with Crippen LogP contribution in [0.2, 0.25) is 0 Å². The van der Waals surface area contributed by atoms with Crippen molar-refractivity contribution in [2.24, 2.45) is 0 Å². The average Bonchev–Trinajstić information content (AvgIpc) is 1.98. The summed E-state index contributed by atoms with van der Waals surface area (Å²) in [5, 5.41) is 0. The van der Waals surface area contributed by atoms with E-state index in [4.69, 9.17) is 0 Å². The van der Waals surface area contributed by atoms with Crippen molar-refractivity contribution >= 4 is 0 Å². The van der Waals surface area contributed by atoms with Crippen LogP contribution < -0.4 is 0 Å². The van der Waals surface area contributed by atoms with Crippen LogP contribution in [0.15, 0.2) is 24.8 Å². The molecule has 4 heteroatoms. The quantitative estimate of drug-likeness (QED) is 0.451. The lowest BCUT2D eigenvalue weighted by atomic mass is 10.2. The van der Waals surface area contributed by atoms with Crippen LogP contribution in [-0.2, 0) is 0 Å². The minimum absolute atomic E-state index is 0.0661. The fraction of sp³-hybridized carbons (Fsp3) is 0.500. The number of hydrogen-bond acceptors (Lipinski definition) is 0. The number of rotatable bonds is 5.